The lowest BCUT2D eigenvalue weighted by Gasteiger charge is -2.01. The van der Waals surface area contributed by atoms with Gasteiger partial charge in [0.1, 0.15) is 0 Å². The zero-order chi connectivity index (χ0) is 14.4. The molecule has 0 saturated heterocycles. The summed E-state index contributed by atoms with van der Waals surface area (Å²) < 4.78 is 0. The van der Waals surface area contributed by atoms with Crippen molar-refractivity contribution in [1.29, 1.82) is 0 Å². The van der Waals surface area contributed by atoms with Crippen molar-refractivity contribution in [1.82, 2.24) is 0 Å². The van der Waals surface area contributed by atoms with Crippen LogP contribution in [-0.4, -0.2) is 12.9 Å². The van der Waals surface area contributed by atoms with Gasteiger partial charge in [0.2, 0.25) is 0 Å². The quantitative estimate of drug-likeness (QED) is 0.672. The second-order valence-electron chi connectivity index (χ2n) is 4.27. The SMILES string of the molecule is C=Cc1cc(C=C)cc(C=Nc2ccc(N=C)cc2)c1. The Morgan fingerprint density at radius 1 is 0.750 bits per heavy atom. The van der Waals surface area contributed by atoms with Crippen LogP contribution in [0.25, 0.3) is 12.2 Å². The first-order valence-corrected chi connectivity index (χ1v) is 6.26. The molecule has 0 bridgehead atoms. The highest BCUT2D eigenvalue weighted by atomic mass is 14.7. The number of hydrogen-bond acceptors (Lipinski definition) is 2. The molecule has 98 valence electrons. The molecule has 0 amide bonds. The summed E-state index contributed by atoms with van der Waals surface area (Å²) in [6, 6.07) is 13.7. The Morgan fingerprint density at radius 3 is 1.75 bits per heavy atom. The molecule has 2 nitrogen and oxygen atoms in total. The number of benzene rings is 2. The van der Waals surface area contributed by atoms with Crippen LogP contribution in [0, 0.1) is 0 Å². The van der Waals surface area contributed by atoms with Gasteiger partial charge in [-0.2, -0.15) is 0 Å². The second-order valence-corrected chi connectivity index (χ2v) is 4.27. The third kappa shape index (κ3) is 3.39. The van der Waals surface area contributed by atoms with Crippen molar-refractivity contribution in [2.75, 3.05) is 0 Å². The molecule has 0 aromatic heterocycles. The monoisotopic (exact) mass is 260 g/mol. The predicted molar refractivity (Wildman–Crippen MR) is 89.5 cm³/mol. The number of hydrogen-bond donors (Lipinski definition) is 0. The largest absolute Gasteiger partial charge is 0.265 e. The zero-order valence-corrected chi connectivity index (χ0v) is 11.3. The topological polar surface area (TPSA) is 24.7 Å². The van der Waals surface area contributed by atoms with E-state index in [1.165, 1.54) is 0 Å². The summed E-state index contributed by atoms with van der Waals surface area (Å²) in [5, 5.41) is 0. The minimum absolute atomic E-state index is 0.839. The predicted octanol–water partition coefficient (Wildman–Crippen LogP) is 5.06. The van der Waals surface area contributed by atoms with Crippen molar-refractivity contribution >= 4 is 36.5 Å². The lowest BCUT2D eigenvalue weighted by Crippen LogP contribution is -1.85. The number of rotatable bonds is 5. The molecule has 0 unspecified atom stereocenters. The van der Waals surface area contributed by atoms with Crippen molar-refractivity contribution in [3.8, 4) is 0 Å². The van der Waals surface area contributed by atoms with Crippen LogP contribution in [0.15, 0.2) is 65.6 Å². The normalized spacial score (nSPS) is 10.4. The van der Waals surface area contributed by atoms with Crippen LogP contribution >= 0.6 is 0 Å². The summed E-state index contributed by atoms with van der Waals surface area (Å²) in [5.41, 5.74) is 4.83. The Hall–Kier alpha value is -2.74. The van der Waals surface area contributed by atoms with E-state index in [2.05, 4.69) is 29.9 Å². The molecule has 0 fully saturated rings. The third-order valence-corrected chi connectivity index (χ3v) is 2.87. The van der Waals surface area contributed by atoms with E-state index in [1.54, 1.807) is 0 Å². The molecule has 0 N–H and O–H groups in total. The van der Waals surface area contributed by atoms with E-state index in [4.69, 9.17) is 0 Å². The Bertz CT molecular complexity index is 638. The van der Waals surface area contributed by atoms with E-state index in [0.29, 0.717) is 0 Å². The molecule has 0 spiro atoms. The lowest BCUT2D eigenvalue weighted by atomic mass is 10.1. The first-order valence-electron chi connectivity index (χ1n) is 6.26. The van der Waals surface area contributed by atoms with E-state index < -0.39 is 0 Å². The molecule has 2 aromatic carbocycles. The van der Waals surface area contributed by atoms with Gasteiger partial charge in [0.15, 0.2) is 0 Å². The third-order valence-electron chi connectivity index (χ3n) is 2.87. The number of nitrogens with zero attached hydrogens (tertiary/aromatic N) is 2. The molecule has 0 aliphatic heterocycles. The average molecular weight is 260 g/mol. The molecule has 2 aromatic rings. The summed E-state index contributed by atoms with van der Waals surface area (Å²) in [5.74, 6) is 0. The molecule has 0 aliphatic rings. The van der Waals surface area contributed by atoms with E-state index >= 15 is 0 Å². The summed E-state index contributed by atoms with van der Waals surface area (Å²) in [4.78, 5) is 8.30. The van der Waals surface area contributed by atoms with Crippen LogP contribution in [0.5, 0.6) is 0 Å². The van der Waals surface area contributed by atoms with Crippen LogP contribution < -0.4 is 0 Å². The Balaban J connectivity index is 2.27. The van der Waals surface area contributed by atoms with Crippen LogP contribution in [0.3, 0.4) is 0 Å². The smallest absolute Gasteiger partial charge is 0.0631 e. The Labute approximate surface area is 119 Å². The van der Waals surface area contributed by atoms with Crippen LogP contribution in [-0.2, 0) is 0 Å². The van der Waals surface area contributed by atoms with Crippen molar-refractivity contribution in [3.05, 3.63) is 72.3 Å². The maximum Gasteiger partial charge on any atom is 0.0631 e. The van der Waals surface area contributed by atoms with Gasteiger partial charge in [-0.05, 0) is 65.9 Å². The van der Waals surface area contributed by atoms with Gasteiger partial charge in [-0.25, -0.2) is 0 Å². The first-order chi connectivity index (χ1) is 9.75. The van der Waals surface area contributed by atoms with E-state index in [-0.39, 0.29) is 0 Å². The van der Waals surface area contributed by atoms with Crippen molar-refractivity contribution < 1.29 is 0 Å². The highest BCUT2D eigenvalue weighted by Crippen LogP contribution is 2.18. The van der Waals surface area contributed by atoms with Crippen molar-refractivity contribution in [2.45, 2.75) is 0 Å². The van der Waals surface area contributed by atoms with Crippen LogP contribution in [0.1, 0.15) is 16.7 Å². The molecular weight excluding hydrogens is 244 g/mol. The summed E-state index contributed by atoms with van der Waals surface area (Å²) >= 11 is 0. The van der Waals surface area contributed by atoms with Gasteiger partial charge in [0, 0.05) is 6.21 Å². The summed E-state index contributed by atoms with van der Waals surface area (Å²) in [6.45, 7) is 11.1. The van der Waals surface area contributed by atoms with Gasteiger partial charge >= 0.3 is 0 Å². The fourth-order valence-electron chi connectivity index (χ4n) is 1.81. The Kier molecular flexibility index (Phi) is 4.40. The standard InChI is InChI=1S/C18H16N2/c1-4-14-10-15(5-2)12-16(11-14)13-20-18-8-6-17(19-3)7-9-18/h4-13H,1-3H2. The molecule has 0 saturated carbocycles. The van der Waals surface area contributed by atoms with Gasteiger partial charge in [-0.1, -0.05) is 25.3 Å². The summed E-state index contributed by atoms with van der Waals surface area (Å²) in [6.07, 6.45) is 5.46. The minimum atomic E-state index is 0.839. The molecule has 0 heterocycles. The molecule has 0 aliphatic carbocycles. The van der Waals surface area contributed by atoms with E-state index in [1.807, 2.05) is 60.8 Å². The maximum atomic E-state index is 4.45. The molecule has 2 rings (SSSR count). The average Bonchev–Trinajstić information content (AvgIpc) is 2.53. The fourth-order valence-corrected chi connectivity index (χ4v) is 1.81. The first kappa shape index (κ1) is 13.7. The highest BCUT2D eigenvalue weighted by molar-refractivity contribution is 5.84. The molecular formula is C18H16N2. The zero-order valence-electron chi connectivity index (χ0n) is 11.3. The van der Waals surface area contributed by atoms with E-state index in [9.17, 15) is 0 Å². The second kappa shape index (κ2) is 6.43. The van der Waals surface area contributed by atoms with Crippen LogP contribution in [0.2, 0.25) is 0 Å². The molecule has 20 heavy (non-hydrogen) atoms. The minimum Gasteiger partial charge on any atom is -0.265 e. The van der Waals surface area contributed by atoms with Gasteiger partial charge in [-0.3, -0.25) is 9.98 Å². The van der Waals surface area contributed by atoms with Gasteiger partial charge < -0.3 is 0 Å². The van der Waals surface area contributed by atoms with Gasteiger partial charge in [-0.15, -0.1) is 0 Å². The van der Waals surface area contributed by atoms with Crippen molar-refractivity contribution in [2.24, 2.45) is 9.98 Å². The van der Waals surface area contributed by atoms with Crippen molar-refractivity contribution in [3.63, 3.8) is 0 Å². The fraction of sp³-hybridized carbons (Fsp3) is 0. The van der Waals surface area contributed by atoms with E-state index in [0.717, 1.165) is 28.1 Å². The molecule has 2 heteroatoms. The van der Waals surface area contributed by atoms with Gasteiger partial charge in [0.05, 0.1) is 11.4 Å². The highest BCUT2D eigenvalue weighted by Gasteiger charge is 1.95. The molecule has 0 radical (unpaired) electrons. The summed E-state index contributed by atoms with van der Waals surface area (Å²) in [7, 11) is 0. The lowest BCUT2D eigenvalue weighted by molar-refractivity contribution is 1.49. The molecule has 0 atom stereocenters. The van der Waals surface area contributed by atoms with Gasteiger partial charge in [0.25, 0.3) is 0 Å². The number of aliphatic imine (C=N–C) groups is 2. The van der Waals surface area contributed by atoms with Crippen LogP contribution in [0.4, 0.5) is 11.4 Å². The maximum absolute atomic E-state index is 4.45. The Morgan fingerprint density at radius 2 is 1.25 bits per heavy atom.